The molecule has 3 rings (SSSR count). The molecule has 0 bridgehead atoms. The molecule has 0 spiro atoms. The van der Waals surface area contributed by atoms with Crippen LogP contribution in [-0.4, -0.2) is 43.6 Å². The predicted octanol–water partition coefficient (Wildman–Crippen LogP) is 5.32. The van der Waals surface area contributed by atoms with Crippen molar-refractivity contribution < 1.29 is 9.53 Å². The van der Waals surface area contributed by atoms with Gasteiger partial charge in [-0.15, -0.1) is 0 Å². The second-order valence-electron chi connectivity index (χ2n) is 7.76. The Morgan fingerprint density at radius 3 is 2.63 bits per heavy atom. The van der Waals surface area contributed by atoms with Crippen molar-refractivity contribution in [3.63, 3.8) is 0 Å². The quantitative estimate of drug-likeness (QED) is 0.607. The van der Waals surface area contributed by atoms with Crippen molar-refractivity contribution in [2.45, 2.75) is 52.4 Å². The zero-order valence-corrected chi connectivity index (χ0v) is 17.9. The summed E-state index contributed by atoms with van der Waals surface area (Å²) in [4.78, 5) is 16.7. The van der Waals surface area contributed by atoms with E-state index in [0.717, 1.165) is 24.4 Å². The van der Waals surface area contributed by atoms with Crippen molar-refractivity contribution in [3.8, 4) is 5.75 Å². The number of hydrogen-bond acceptors (Lipinski definition) is 3. The van der Waals surface area contributed by atoms with Gasteiger partial charge in [0.1, 0.15) is 0 Å². The van der Waals surface area contributed by atoms with Crippen molar-refractivity contribution in [1.29, 1.82) is 0 Å². The highest BCUT2D eigenvalue weighted by Crippen LogP contribution is 2.43. The Morgan fingerprint density at radius 1 is 1.19 bits per heavy atom. The van der Waals surface area contributed by atoms with Gasteiger partial charge in [0, 0.05) is 11.6 Å². The molecule has 27 heavy (non-hydrogen) atoms. The normalized spacial score (nSPS) is 18.5. The van der Waals surface area contributed by atoms with Crippen LogP contribution in [0.2, 0.25) is 10.0 Å². The molecule has 150 valence electrons. The highest BCUT2D eigenvalue weighted by atomic mass is 35.5. The fraction of sp³-hybridized carbons (Fsp3) is 0.667. The topological polar surface area (TPSA) is 32.8 Å². The van der Waals surface area contributed by atoms with Gasteiger partial charge in [0.2, 0.25) is 0 Å². The molecule has 2 heterocycles. The SMILES string of the molecule is CCCCC1CCN(CCCN2C(=O)COc3c2cc(Cl)c(C)c3Cl)CC1. The minimum Gasteiger partial charge on any atom is -0.480 e. The van der Waals surface area contributed by atoms with Crippen molar-refractivity contribution in [2.75, 3.05) is 37.7 Å². The molecule has 0 N–H and O–H groups in total. The first kappa shape index (κ1) is 20.8. The van der Waals surface area contributed by atoms with Gasteiger partial charge in [0.05, 0.1) is 10.7 Å². The molecule has 0 atom stereocenters. The Morgan fingerprint density at radius 2 is 1.93 bits per heavy atom. The minimum atomic E-state index is -0.0308. The Labute approximate surface area is 172 Å². The van der Waals surface area contributed by atoms with Crippen LogP contribution in [0.15, 0.2) is 6.07 Å². The molecule has 0 aliphatic carbocycles. The molecule has 2 aliphatic rings. The maximum absolute atomic E-state index is 12.4. The summed E-state index contributed by atoms with van der Waals surface area (Å²) in [5.74, 6) is 1.45. The number of ether oxygens (including phenoxy) is 1. The molecule has 4 nitrogen and oxygen atoms in total. The minimum absolute atomic E-state index is 0.0308. The van der Waals surface area contributed by atoms with E-state index in [4.69, 9.17) is 27.9 Å². The number of fused-ring (bicyclic) bond motifs is 1. The summed E-state index contributed by atoms with van der Waals surface area (Å²) in [5.41, 5.74) is 1.49. The molecule has 1 amide bonds. The molecular weight excluding hydrogens is 383 g/mol. The molecule has 2 aliphatic heterocycles. The molecule has 1 fully saturated rings. The van der Waals surface area contributed by atoms with E-state index in [9.17, 15) is 4.79 Å². The van der Waals surface area contributed by atoms with Crippen LogP contribution in [0.3, 0.4) is 0 Å². The second-order valence-corrected chi connectivity index (χ2v) is 8.55. The van der Waals surface area contributed by atoms with Crippen LogP contribution < -0.4 is 9.64 Å². The van der Waals surface area contributed by atoms with Gasteiger partial charge < -0.3 is 14.5 Å². The van der Waals surface area contributed by atoms with Crippen LogP contribution in [0.25, 0.3) is 0 Å². The molecule has 1 aromatic carbocycles. The van der Waals surface area contributed by atoms with E-state index in [1.807, 2.05) is 6.92 Å². The van der Waals surface area contributed by atoms with Crippen molar-refractivity contribution in [1.82, 2.24) is 4.90 Å². The lowest BCUT2D eigenvalue weighted by Crippen LogP contribution is -2.41. The molecule has 0 aromatic heterocycles. The summed E-state index contributed by atoms with van der Waals surface area (Å²) in [6, 6.07) is 1.80. The number of carbonyl (C=O) groups excluding carboxylic acids is 1. The lowest BCUT2D eigenvalue weighted by molar-refractivity contribution is -0.121. The number of nitrogens with zero attached hydrogens (tertiary/aromatic N) is 2. The monoisotopic (exact) mass is 412 g/mol. The number of unbranched alkanes of at least 4 members (excludes halogenated alkanes) is 1. The van der Waals surface area contributed by atoms with E-state index >= 15 is 0 Å². The second kappa shape index (κ2) is 9.49. The first-order valence-corrected chi connectivity index (χ1v) is 10.9. The summed E-state index contributed by atoms with van der Waals surface area (Å²) in [6.07, 6.45) is 7.59. The summed E-state index contributed by atoms with van der Waals surface area (Å²) < 4.78 is 5.58. The third kappa shape index (κ3) is 4.90. The largest absolute Gasteiger partial charge is 0.480 e. The summed E-state index contributed by atoms with van der Waals surface area (Å²) in [6.45, 7) is 8.21. The van der Waals surface area contributed by atoms with Gasteiger partial charge >= 0.3 is 0 Å². The van der Waals surface area contributed by atoms with Crippen molar-refractivity contribution in [2.24, 2.45) is 5.92 Å². The fourth-order valence-corrected chi connectivity index (χ4v) is 4.55. The number of likely N-dealkylation sites (tertiary alicyclic amines) is 1. The van der Waals surface area contributed by atoms with E-state index in [1.165, 1.54) is 45.2 Å². The van der Waals surface area contributed by atoms with Gasteiger partial charge in [-0.3, -0.25) is 4.79 Å². The van der Waals surface area contributed by atoms with E-state index < -0.39 is 0 Å². The molecule has 0 radical (unpaired) electrons. The number of rotatable bonds is 7. The number of carbonyl (C=O) groups is 1. The van der Waals surface area contributed by atoms with Crippen LogP contribution in [0.1, 0.15) is 51.0 Å². The Kier molecular flexibility index (Phi) is 7.29. The average molecular weight is 413 g/mol. The van der Waals surface area contributed by atoms with E-state index in [1.54, 1.807) is 11.0 Å². The number of piperidine rings is 1. The number of anilines is 1. The van der Waals surface area contributed by atoms with Crippen LogP contribution in [0, 0.1) is 12.8 Å². The smallest absolute Gasteiger partial charge is 0.265 e. The summed E-state index contributed by atoms with van der Waals surface area (Å²) in [5, 5.41) is 1.07. The maximum atomic E-state index is 12.4. The van der Waals surface area contributed by atoms with Crippen LogP contribution in [0.5, 0.6) is 5.75 Å². The number of halogens is 2. The predicted molar refractivity (Wildman–Crippen MR) is 112 cm³/mol. The van der Waals surface area contributed by atoms with E-state index in [-0.39, 0.29) is 12.5 Å². The lowest BCUT2D eigenvalue weighted by Gasteiger charge is -2.34. The zero-order chi connectivity index (χ0) is 19.4. The Bertz CT molecular complexity index is 673. The van der Waals surface area contributed by atoms with Crippen LogP contribution in [-0.2, 0) is 4.79 Å². The molecule has 0 saturated carbocycles. The first-order chi connectivity index (χ1) is 13.0. The average Bonchev–Trinajstić information content (AvgIpc) is 2.67. The highest BCUT2D eigenvalue weighted by molar-refractivity contribution is 6.37. The first-order valence-electron chi connectivity index (χ1n) is 10.1. The summed E-state index contributed by atoms with van der Waals surface area (Å²) >= 11 is 12.7. The van der Waals surface area contributed by atoms with Crippen molar-refractivity contribution in [3.05, 3.63) is 21.7 Å². The molecule has 1 saturated heterocycles. The molecule has 1 aromatic rings. The van der Waals surface area contributed by atoms with Gasteiger partial charge in [-0.2, -0.15) is 0 Å². The van der Waals surface area contributed by atoms with E-state index in [2.05, 4.69) is 11.8 Å². The van der Waals surface area contributed by atoms with Crippen LogP contribution >= 0.6 is 23.2 Å². The Balaban J connectivity index is 1.54. The molecule has 6 heteroatoms. The number of benzene rings is 1. The standard InChI is InChI=1S/C21H30Cl2N2O2/c1-3-4-6-16-7-11-24(12-8-16)9-5-10-25-18-13-17(22)15(2)20(23)21(18)27-14-19(25)26/h13,16H,3-12,14H2,1-2H3. The molecule has 0 unspecified atom stereocenters. The van der Waals surface area contributed by atoms with Gasteiger partial charge in [0.25, 0.3) is 5.91 Å². The van der Waals surface area contributed by atoms with Gasteiger partial charge in [-0.25, -0.2) is 0 Å². The highest BCUT2D eigenvalue weighted by Gasteiger charge is 2.29. The van der Waals surface area contributed by atoms with E-state index in [0.29, 0.717) is 28.0 Å². The molecular formula is C21H30Cl2N2O2. The zero-order valence-electron chi connectivity index (χ0n) is 16.4. The van der Waals surface area contributed by atoms with Crippen LogP contribution in [0.4, 0.5) is 5.69 Å². The lowest BCUT2D eigenvalue weighted by atomic mass is 9.91. The van der Waals surface area contributed by atoms with Crippen molar-refractivity contribution >= 4 is 34.8 Å². The number of hydrogen-bond donors (Lipinski definition) is 0. The van der Waals surface area contributed by atoms with Gasteiger partial charge in [-0.1, -0.05) is 49.4 Å². The van der Waals surface area contributed by atoms with Gasteiger partial charge in [0.15, 0.2) is 12.4 Å². The number of amides is 1. The Hall–Kier alpha value is -0.970. The third-order valence-electron chi connectivity index (χ3n) is 5.84. The summed E-state index contributed by atoms with van der Waals surface area (Å²) in [7, 11) is 0. The third-order valence-corrected chi connectivity index (χ3v) is 6.69. The maximum Gasteiger partial charge on any atom is 0.265 e. The van der Waals surface area contributed by atoms with Gasteiger partial charge in [-0.05, 0) is 63.4 Å². The fourth-order valence-electron chi connectivity index (χ4n) is 4.05.